The normalized spacial score (nSPS) is 19.0. The maximum Gasteiger partial charge on any atom is 0.242 e. The van der Waals surface area contributed by atoms with Crippen molar-refractivity contribution in [3.05, 3.63) is 0 Å². The maximum absolute atomic E-state index is 12.1. The monoisotopic (exact) mass is 326 g/mol. The van der Waals surface area contributed by atoms with Crippen molar-refractivity contribution in [2.75, 3.05) is 6.54 Å². The lowest BCUT2D eigenvalue weighted by molar-refractivity contribution is -0.129. The highest BCUT2D eigenvalue weighted by Gasteiger charge is 2.24. The number of carbonyl (C=O) groups is 2. The number of carbonyl (C=O) groups excluding carboxylic acids is 2. The average Bonchev–Trinajstić information content (AvgIpc) is 2.44. The lowest BCUT2D eigenvalue weighted by atomic mass is 9.86. The zero-order valence-corrected chi connectivity index (χ0v) is 15.2. The predicted octanol–water partition coefficient (Wildman–Crippen LogP) is 2.37. The second-order valence-corrected chi connectivity index (χ2v) is 7.93. The van der Waals surface area contributed by atoms with E-state index in [1.165, 1.54) is 19.3 Å². The van der Waals surface area contributed by atoms with Crippen molar-refractivity contribution in [3.63, 3.8) is 0 Å². The second kappa shape index (κ2) is 9.26. The minimum absolute atomic E-state index is 0.0252. The number of rotatable bonds is 8. The molecule has 0 saturated heterocycles. The van der Waals surface area contributed by atoms with Crippen LogP contribution in [-0.4, -0.2) is 35.6 Å². The third-order valence-corrected chi connectivity index (χ3v) is 4.56. The van der Waals surface area contributed by atoms with Crippen LogP contribution in [0.1, 0.15) is 72.6 Å². The van der Waals surface area contributed by atoms with Gasteiger partial charge in [-0.1, -0.05) is 33.1 Å². The standard InChI is InChI=1S/C18H34N2O3/c1-13(21)11-18(3,4)12-19-17(23)14(2)20-16(22)10-15-8-6-5-7-9-15/h13-15,21H,5-12H2,1-4H3,(H,19,23)(H,20,22). The molecule has 1 fully saturated rings. The van der Waals surface area contributed by atoms with Crippen LogP contribution in [0.15, 0.2) is 0 Å². The number of hydrogen-bond donors (Lipinski definition) is 3. The first kappa shape index (κ1) is 19.9. The summed E-state index contributed by atoms with van der Waals surface area (Å²) in [4.78, 5) is 24.2. The highest BCUT2D eigenvalue weighted by molar-refractivity contribution is 5.87. The third-order valence-electron chi connectivity index (χ3n) is 4.56. The number of aliphatic hydroxyl groups excluding tert-OH is 1. The van der Waals surface area contributed by atoms with E-state index in [4.69, 9.17) is 0 Å². The summed E-state index contributed by atoms with van der Waals surface area (Å²) in [7, 11) is 0. The number of amides is 2. The highest BCUT2D eigenvalue weighted by atomic mass is 16.3. The van der Waals surface area contributed by atoms with Crippen molar-refractivity contribution in [2.45, 2.75) is 84.8 Å². The Morgan fingerprint density at radius 2 is 1.78 bits per heavy atom. The minimum Gasteiger partial charge on any atom is -0.393 e. The molecule has 0 bridgehead atoms. The van der Waals surface area contributed by atoms with Crippen LogP contribution in [0, 0.1) is 11.3 Å². The molecule has 0 heterocycles. The smallest absolute Gasteiger partial charge is 0.242 e. The Morgan fingerprint density at radius 1 is 1.17 bits per heavy atom. The molecule has 3 N–H and O–H groups in total. The number of nitrogens with one attached hydrogen (secondary N) is 2. The number of aliphatic hydroxyl groups is 1. The fraction of sp³-hybridized carbons (Fsp3) is 0.889. The summed E-state index contributed by atoms with van der Waals surface area (Å²) in [5, 5.41) is 15.1. The lowest BCUT2D eigenvalue weighted by Gasteiger charge is -2.27. The topological polar surface area (TPSA) is 78.4 Å². The van der Waals surface area contributed by atoms with Gasteiger partial charge >= 0.3 is 0 Å². The summed E-state index contributed by atoms with van der Waals surface area (Å²) in [6, 6.07) is -0.520. The van der Waals surface area contributed by atoms with Crippen LogP contribution in [0.3, 0.4) is 0 Å². The van der Waals surface area contributed by atoms with E-state index in [1.54, 1.807) is 13.8 Å². The summed E-state index contributed by atoms with van der Waals surface area (Å²) in [5.41, 5.74) is -0.171. The molecule has 1 aliphatic rings. The average molecular weight is 326 g/mol. The lowest BCUT2D eigenvalue weighted by Crippen LogP contribution is -2.47. The Hall–Kier alpha value is -1.10. The van der Waals surface area contributed by atoms with Crippen molar-refractivity contribution in [3.8, 4) is 0 Å². The fourth-order valence-corrected chi connectivity index (χ4v) is 3.37. The largest absolute Gasteiger partial charge is 0.393 e. The highest BCUT2D eigenvalue weighted by Crippen LogP contribution is 2.26. The van der Waals surface area contributed by atoms with Crippen molar-refractivity contribution in [2.24, 2.45) is 11.3 Å². The zero-order valence-electron chi connectivity index (χ0n) is 15.2. The Labute approximate surface area is 140 Å². The molecule has 0 aliphatic heterocycles. The van der Waals surface area contributed by atoms with E-state index in [2.05, 4.69) is 10.6 Å². The van der Waals surface area contributed by atoms with Crippen LogP contribution in [-0.2, 0) is 9.59 Å². The van der Waals surface area contributed by atoms with Crippen LogP contribution < -0.4 is 10.6 Å². The molecule has 0 aromatic rings. The molecule has 2 unspecified atom stereocenters. The summed E-state index contributed by atoms with van der Waals surface area (Å²) in [5.74, 6) is 0.285. The Bertz CT molecular complexity index is 388. The van der Waals surface area contributed by atoms with E-state index < -0.39 is 12.1 Å². The molecule has 1 rings (SSSR count). The minimum atomic E-state index is -0.520. The van der Waals surface area contributed by atoms with E-state index in [0.717, 1.165) is 12.8 Å². The molecule has 1 aliphatic carbocycles. The molecule has 0 aromatic carbocycles. The molecule has 5 nitrogen and oxygen atoms in total. The van der Waals surface area contributed by atoms with Gasteiger partial charge in [0.2, 0.25) is 11.8 Å². The summed E-state index contributed by atoms with van der Waals surface area (Å²) in [6.45, 7) is 7.96. The Kier molecular flexibility index (Phi) is 8.03. The van der Waals surface area contributed by atoms with Crippen molar-refractivity contribution in [1.29, 1.82) is 0 Å². The fourth-order valence-electron chi connectivity index (χ4n) is 3.37. The predicted molar refractivity (Wildman–Crippen MR) is 91.9 cm³/mol. The zero-order chi connectivity index (χ0) is 17.5. The molecule has 0 spiro atoms. The SMILES string of the molecule is CC(O)CC(C)(C)CNC(=O)C(C)NC(=O)CC1CCCCC1. The van der Waals surface area contributed by atoms with Gasteiger partial charge in [-0.05, 0) is 44.4 Å². The van der Waals surface area contributed by atoms with Gasteiger partial charge in [0.15, 0.2) is 0 Å². The van der Waals surface area contributed by atoms with Gasteiger partial charge in [-0.3, -0.25) is 9.59 Å². The van der Waals surface area contributed by atoms with E-state index in [-0.39, 0.29) is 17.2 Å². The first-order valence-corrected chi connectivity index (χ1v) is 8.95. The Balaban J connectivity index is 2.31. The molecule has 1 saturated carbocycles. The van der Waals surface area contributed by atoms with Crippen LogP contribution in [0.5, 0.6) is 0 Å². The van der Waals surface area contributed by atoms with E-state index in [9.17, 15) is 14.7 Å². The molecule has 2 atom stereocenters. The van der Waals surface area contributed by atoms with Gasteiger partial charge in [-0.2, -0.15) is 0 Å². The van der Waals surface area contributed by atoms with Crippen molar-refractivity contribution >= 4 is 11.8 Å². The van der Waals surface area contributed by atoms with Gasteiger partial charge in [0.1, 0.15) is 6.04 Å². The van der Waals surface area contributed by atoms with Gasteiger partial charge in [0, 0.05) is 13.0 Å². The number of hydrogen-bond acceptors (Lipinski definition) is 3. The van der Waals surface area contributed by atoms with Crippen molar-refractivity contribution in [1.82, 2.24) is 10.6 Å². The molecular formula is C18H34N2O3. The van der Waals surface area contributed by atoms with Crippen LogP contribution in [0.2, 0.25) is 0 Å². The third kappa shape index (κ3) is 8.35. The molecule has 2 amide bonds. The summed E-state index contributed by atoms with van der Waals surface area (Å²) >= 11 is 0. The molecule has 5 heteroatoms. The van der Waals surface area contributed by atoms with Gasteiger partial charge in [-0.25, -0.2) is 0 Å². The van der Waals surface area contributed by atoms with Gasteiger partial charge in [0.25, 0.3) is 0 Å². The van der Waals surface area contributed by atoms with Crippen LogP contribution in [0.25, 0.3) is 0 Å². The first-order chi connectivity index (χ1) is 10.7. The van der Waals surface area contributed by atoms with Crippen LogP contribution in [0.4, 0.5) is 0 Å². The molecular weight excluding hydrogens is 292 g/mol. The van der Waals surface area contributed by atoms with Gasteiger partial charge in [-0.15, -0.1) is 0 Å². The van der Waals surface area contributed by atoms with E-state index >= 15 is 0 Å². The van der Waals surface area contributed by atoms with Gasteiger partial charge in [0.05, 0.1) is 6.10 Å². The molecule has 23 heavy (non-hydrogen) atoms. The van der Waals surface area contributed by atoms with E-state index in [1.807, 2.05) is 13.8 Å². The Morgan fingerprint density at radius 3 is 2.35 bits per heavy atom. The molecule has 134 valence electrons. The van der Waals surface area contributed by atoms with Gasteiger partial charge < -0.3 is 15.7 Å². The van der Waals surface area contributed by atoms with Crippen molar-refractivity contribution < 1.29 is 14.7 Å². The summed E-state index contributed by atoms with van der Waals surface area (Å²) < 4.78 is 0. The van der Waals surface area contributed by atoms with Crippen LogP contribution >= 0.6 is 0 Å². The van der Waals surface area contributed by atoms with E-state index in [0.29, 0.717) is 25.3 Å². The molecule has 0 radical (unpaired) electrons. The quantitative estimate of drug-likeness (QED) is 0.641. The second-order valence-electron chi connectivity index (χ2n) is 7.93. The first-order valence-electron chi connectivity index (χ1n) is 8.95. The molecule has 0 aromatic heterocycles. The summed E-state index contributed by atoms with van der Waals surface area (Å²) in [6.07, 6.45) is 6.72. The maximum atomic E-state index is 12.1.